The van der Waals surface area contributed by atoms with Gasteiger partial charge in [0.15, 0.2) is 0 Å². The summed E-state index contributed by atoms with van der Waals surface area (Å²) in [4.78, 5) is 26.1. The number of piperidine rings is 1. The molecule has 0 saturated carbocycles. The molecule has 2 aliphatic heterocycles. The van der Waals surface area contributed by atoms with Gasteiger partial charge in [-0.2, -0.15) is 0 Å². The largest absolute Gasteiger partial charge is 0.340 e. The minimum absolute atomic E-state index is 0.0183. The number of hydrogen-bond donors (Lipinski definition) is 0. The van der Waals surface area contributed by atoms with E-state index in [9.17, 15) is 4.79 Å². The minimum Gasteiger partial charge on any atom is -0.340 e. The summed E-state index contributed by atoms with van der Waals surface area (Å²) < 4.78 is 0. The van der Waals surface area contributed by atoms with Crippen molar-refractivity contribution in [2.24, 2.45) is 5.92 Å². The summed E-state index contributed by atoms with van der Waals surface area (Å²) in [5, 5.41) is 0. The molecule has 1 fully saturated rings. The second kappa shape index (κ2) is 6.82. The lowest BCUT2D eigenvalue weighted by atomic mass is 9.93. The van der Waals surface area contributed by atoms with E-state index in [0.29, 0.717) is 6.54 Å². The summed E-state index contributed by atoms with van der Waals surface area (Å²) in [6.45, 7) is 4.57. The molecule has 1 unspecified atom stereocenters. The van der Waals surface area contributed by atoms with E-state index >= 15 is 0 Å². The van der Waals surface area contributed by atoms with Crippen molar-refractivity contribution >= 4 is 17.5 Å². The lowest BCUT2D eigenvalue weighted by molar-refractivity contribution is -0.122. The van der Waals surface area contributed by atoms with Gasteiger partial charge in [0.1, 0.15) is 0 Å². The maximum atomic E-state index is 13.2. The van der Waals surface area contributed by atoms with E-state index in [1.165, 1.54) is 11.1 Å². The van der Waals surface area contributed by atoms with Gasteiger partial charge in [0.2, 0.25) is 11.9 Å². The Morgan fingerprint density at radius 1 is 1.16 bits per heavy atom. The van der Waals surface area contributed by atoms with E-state index in [-0.39, 0.29) is 11.8 Å². The summed E-state index contributed by atoms with van der Waals surface area (Å²) >= 11 is 0. The summed E-state index contributed by atoms with van der Waals surface area (Å²) in [7, 11) is 0. The second-order valence-corrected chi connectivity index (χ2v) is 7.06. The molecule has 1 aromatic carbocycles. The average Bonchev–Trinajstić information content (AvgIpc) is 2.67. The van der Waals surface area contributed by atoms with Gasteiger partial charge in [-0.05, 0) is 50.3 Å². The standard InChI is InChI=1S/C20H24N4O/c1-15-7-8-18-16(13-15)5-3-12-24(18)19(25)17-6-2-11-23(14-17)20-21-9-4-10-22-20/h4,7-10,13,17H,2-3,5-6,11-12,14H2,1H3. The Kier molecular flexibility index (Phi) is 4.38. The van der Waals surface area contributed by atoms with E-state index in [0.717, 1.165) is 50.4 Å². The highest BCUT2D eigenvalue weighted by molar-refractivity contribution is 5.96. The van der Waals surface area contributed by atoms with Crippen LogP contribution >= 0.6 is 0 Å². The minimum atomic E-state index is 0.0183. The Bertz CT molecular complexity index is 762. The third-order valence-electron chi connectivity index (χ3n) is 5.23. The molecule has 0 radical (unpaired) electrons. The molecule has 0 aliphatic carbocycles. The molecule has 5 heteroatoms. The summed E-state index contributed by atoms with van der Waals surface area (Å²) in [6, 6.07) is 8.26. The summed E-state index contributed by atoms with van der Waals surface area (Å²) in [5.41, 5.74) is 3.67. The van der Waals surface area contributed by atoms with Crippen LogP contribution in [0, 0.1) is 12.8 Å². The monoisotopic (exact) mass is 336 g/mol. The SMILES string of the molecule is Cc1ccc2c(c1)CCCN2C(=O)C1CCCN(c2ncccn2)C1. The van der Waals surface area contributed by atoms with Gasteiger partial charge in [-0.15, -0.1) is 0 Å². The van der Waals surface area contributed by atoms with Crippen LogP contribution in [-0.4, -0.2) is 35.5 Å². The Balaban J connectivity index is 1.53. The maximum absolute atomic E-state index is 13.2. The zero-order valence-electron chi connectivity index (χ0n) is 14.7. The number of aryl methyl sites for hydroxylation is 2. The van der Waals surface area contributed by atoms with E-state index in [2.05, 4.69) is 40.0 Å². The number of fused-ring (bicyclic) bond motifs is 1. The fourth-order valence-corrected chi connectivity index (χ4v) is 3.99. The second-order valence-electron chi connectivity index (χ2n) is 7.06. The van der Waals surface area contributed by atoms with Crippen molar-refractivity contribution in [2.45, 2.75) is 32.6 Å². The van der Waals surface area contributed by atoms with Crippen LogP contribution in [0.2, 0.25) is 0 Å². The lowest BCUT2D eigenvalue weighted by Crippen LogP contribution is -2.47. The van der Waals surface area contributed by atoms with Crippen LogP contribution in [-0.2, 0) is 11.2 Å². The number of carbonyl (C=O) groups excluding carboxylic acids is 1. The van der Waals surface area contributed by atoms with Gasteiger partial charge < -0.3 is 9.80 Å². The number of benzene rings is 1. The first-order valence-electron chi connectivity index (χ1n) is 9.15. The summed E-state index contributed by atoms with van der Waals surface area (Å²) in [6.07, 6.45) is 7.58. The van der Waals surface area contributed by atoms with Gasteiger partial charge in [0.05, 0.1) is 5.92 Å². The molecular weight excluding hydrogens is 312 g/mol. The van der Waals surface area contributed by atoms with Crippen LogP contribution in [0.3, 0.4) is 0 Å². The number of amides is 1. The fourth-order valence-electron chi connectivity index (χ4n) is 3.99. The molecule has 2 aromatic rings. The smallest absolute Gasteiger partial charge is 0.231 e. The molecule has 1 amide bonds. The molecule has 0 N–H and O–H groups in total. The highest BCUT2D eigenvalue weighted by atomic mass is 16.2. The Labute approximate surface area is 148 Å². The van der Waals surface area contributed by atoms with Crippen molar-refractivity contribution < 1.29 is 4.79 Å². The van der Waals surface area contributed by atoms with Gasteiger partial charge >= 0.3 is 0 Å². The van der Waals surface area contributed by atoms with Crippen LogP contribution in [0.15, 0.2) is 36.7 Å². The molecule has 0 bridgehead atoms. The maximum Gasteiger partial charge on any atom is 0.231 e. The van der Waals surface area contributed by atoms with Gasteiger partial charge in [0, 0.05) is 37.7 Å². The van der Waals surface area contributed by atoms with Gasteiger partial charge in [-0.25, -0.2) is 9.97 Å². The average molecular weight is 336 g/mol. The fraction of sp³-hybridized carbons (Fsp3) is 0.450. The molecule has 1 atom stereocenters. The van der Waals surface area contributed by atoms with Crippen LogP contribution < -0.4 is 9.80 Å². The third-order valence-corrected chi connectivity index (χ3v) is 5.23. The van der Waals surface area contributed by atoms with E-state index in [1.807, 2.05) is 11.0 Å². The highest BCUT2D eigenvalue weighted by Crippen LogP contribution is 2.31. The molecule has 2 aliphatic rings. The first-order valence-corrected chi connectivity index (χ1v) is 9.15. The van der Waals surface area contributed by atoms with Crippen molar-refractivity contribution in [1.29, 1.82) is 0 Å². The van der Waals surface area contributed by atoms with Crippen LogP contribution in [0.25, 0.3) is 0 Å². The molecule has 1 saturated heterocycles. The van der Waals surface area contributed by atoms with Crippen LogP contribution in [0.1, 0.15) is 30.4 Å². The van der Waals surface area contributed by atoms with Crippen molar-refractivity contribution in [1.82, 2.24) is 9.97 Å². The van der Waals surface area contributed by atoms with Crippen molar-refractivity contribution in [3.05, 3.63) is 47.8 Å². The van der Waals surface area contributed by atoms with Gasteiger partial charge in [0.25, 0.3) is 0 Å². The van der Waals surface area contributed by atoms with Crippen molar-refractivity contribution in [3.63, 3.8) is 0 Å². The first kappa shape index (κ1) is 16.1. The predicted octanol–water partition coefficient (Wildman–Crippen LogP) is 2.98. The zero-order chi connectivity index (χ0) is 17.2. The Morgan fingerprint density at radius 2 is 2.00 bits per heavy atom. The van der Waals surface area contributed by atoms with E-state index < -0.39 is 0 Å². The van der Waals surface area contributed by atoms with Gasteiger partial charge in [-0.3, -0.25) is 4.79 Å². The summed E-state index contributed by atoms with van der Waals surface area (Å²) in [5.74, 6) is 1.00. The Hall–Kier alpha value is -2.43. The molecule has 4 rings (SSSR count). The predicted molar refractivity (Wildman–Crippen MR) is 98.8 cm³/mol. The number of nitrogens with zero attached hydrogens (tertiary/aromatic N) is 4. The number of anilines is 2. The van der Waals surface area contributed by atoms with E-state index in [1.54, 1.807) is 12.4 Å². The number of aromatic nitrogens is 2. The molecular formula is C20H24N4O. The zero-order valence-corrected chi connectivity index (χ0v) is 14.7. The normalized spacial score (nSPS) is 20.3. The Morgan fingerprint density at radius 3 is 2.84 bits per heavy atom. The quantitative estimate of drug-likeness (QED) is 0.846. The van der Waals surface area contributed by atoms with Crippen LogP contribution in [0.4, 0.5) is 11.6 Å². The molecule has 0 spiro atoms. The number of rotatable bonds is 2. The molecule has 130 valence electrons. The molecule has 1 aromatic heterocycles. The van der Waals surface area contributed by atoms with Crippen LogP contribution in [0.5, 0.6) is 0 Å². The first-order chi connectivity index (χ1) is 12.2. The highest BCUT2D eigenvalue weighted by Gasteiger charge is 2.32. The third kappa shape index (κ3) is 3.23. The molecule has 3 heterocycles. The topological polar surface area (TPSA) is 49.3 Å². The van der Waals surface area contributed by atoms with Gasteiger partial charge in [-0.1, -0.05) is 17.7 Å². The number of hydrogen-bond acceptors (Lipinski definition) is 4. The van der Waals surface area contributed by atoms with Crippen molar-refractivity contribution in [3.8, 4) is 0 Å². The van der Waals surface area contributed by atoms with E-state index in [4.69, 9.17) is 0 Å². The number of carbonyl (C=O) groups is 1. The van der Waals surface area contributed by atoms with Crippen molar-refractivity contribution in [2.75, 3.05) is 29.4 Å². The lowest BCUT2D eigenvalue weighted by Gasteiger charge is -2.37. The molecule has 25 heavy (non-hydrogen) atoms. The molecule has 5 nitrogen and oxygen atoms in total.